The van der Waals surface area contributed by atoms with Gasteiger partial charge in [0.2, 0.25) is 5.95 Å². The van der Waals surface area contributed by atoms with Gasteiger partial charge >= 0.3 is 0 Å². The lowest BCUT2D eigenvalue weighted by atomic mass is 9.85. The zero-order valence-corrected chi connectivity index (χ0v) is 14.6. The maximum atomic E-state index is 12.7. The zero-order valence-electron chi connectivity index (χ0n) is 14.6. The number of nitro groups is 1. The van der Waals surface area contributed by atoms with Gasteiger partial charge in [-0.3, -0.25) is 14.9 Å². The number of aliphatic hydroxyl groups is 1. The van der Waals surface area contributed by atoms with E-state index in [1.54, 1.807) is 16.8 Å². The normalized spacial score (nSPS) is 18.7. The molecule has 2 heterocycles. The van der Waals surface area contributed by atoms with Crippen LogP contribution >= 0.6 is 0 Å². The van der Waals surface area contributed by atoms with Gasteiger partial charge in [0.05, 0.1) is 4.92 Å². The van der Waals surface area contributed by atoms with E-state index >= 15 is 0 Å². The Bertz CT molecular complexity index is 932. The van der Waals surface area contributed by atoms with Crippen molar-refractivity contribution in [3.63, 3.8) is 0 Å². The molecular formula is C18H19N5O4. The summed E-state index contributed by atoms with van der Waals surface area (Å²) < 4.78 is 1.68. The van der Waals surface area contributed by atoms with Gasteiger partial charge in [0.15, 0.2) is 11.6 Å². The Morgan fingerprint density at radius 3 is 2.78 bits per heavy atom. The first kappa shape index (κ1) is 17.3. The summed E-state index contributed by atoms with van der Waals surface area (Å²) in [5.41, 5.74) is 2.26. The second-order valence-corrected chi connectivity index (χ2v) is 6.67. The van der Waals surface area contributed by atoms with Gasteiger partial charge in [-0.25, -0.2) is 4.68 Å². The highest BCUT2D eigenvalue weighted by Gasteiger charge is 2.36. The smallest absolute Gasteiger partial charge is 0.269 e. The van der Waals surface area contributed by atoms with Gasteiger partial charge in [0.1, 0.15) is 6.04 Å². The molecule has 1 aliphatic heterocycles. The maximum absolute atomic E-state index is 12.7. The Morgan fingerprint density at radius 2 is 2.07 bits per heavy atom. The molecule has 0 radical (unpaired) electrons. The lowest BCUT2D eigenvalue weighted by Crippen LogP contribution is -2.31. The van der Waals surface area contributed by atoms with E-state index < -0.39 is 11.0 Å². The van der Waals surface area contributed by atoms with E-state index in [-0.39, 0.29) is 18.1 Å². The molecule has 1 aromatic carbocycles. The SMILES string of the molecule is O=C1CCCC2=C1C(c1ccc([N+](=O)[O-])cc1)n1nc(CCCO)nc1N2. The number of hydrogen-bond acceptors (Lipinski definition) is 7. The van der Waals surface area contributed by atoms with Crippen LogP contribution in [0.3, 0.4) is 0 Å². The van der Waals surface area contributed by atoms with Crippen molar-refractivity contribution >= 4 is 17.4 Å². The van der Waals surface area contributed by atoms with Crippen molar-refractivity contribution in [3.05, 3.63) is 57.0 Å². The number of nitro benzene ring substituents is 1. The Balaban J connectivity index is 1.80. The van der Waals surface area contributed by atoms with Crippen molar-refractivity contribution in [3.8, 4) is 0 Å². The number of aryl methyl sites for hydroxylation is 1. The molecule has 9 heteroatoms. The number of nitrogens with one attached hydrogen (secondary N) is 1. The molecule has 2 aromatic rings. The van der Waals surface area contributed by atoms with Crippen LogP contribution in [0.2, 0.25) is 0 Å². The Kier molecular flexibility index (Phi) is 4.44. The van der Waals surface area contributed by atoms with E-state index in [1.165, 1.54) is 12.1 Å². The molecule has 0 saturated carbocycles. The van der Waals surface area contributed by atoms with Gasteiger partial charge in [-0.05, 0) is 37.0 Å². The summed E-state index contributed by atoms with van der Waals surface area (Å²) in [6.07, 6.45) is 3.10. The molecule has 9 nitrogen and oxygen atoms in total. The van der Waals surface area contributed by atoms with E-state index in [2.05, 4.69) is 15.4 Å². The van der Waals surface area contributed by atoms with Crippen LogP contribution in [0.4, 0.5) is 11.6 Å². The second kappa shape index (κ2) is 6.92. The molecule has 4 rings (SSSR count). The van der Waals surface area contributed by atoms with Crippen molar-refractivity contribution in [2.75, 3.05) is 11.9 Å². The molecule has 0 spiro atoms. The van der Waals surface area contributed by atoms with Crippen molar-refractivity contribution in [2.45, 2.75) is 38.1 Å². The molecule has 1 aliphatic carbocycles. The van der Waals surface area contributed by atoms with Crippen molar-refractivity contribution in [2.24, 2.45) is 0 Å². The predicted octanol–water partition coefficient (Wildman–Crippen LogP) is 2.13. The fraction of sp³-hybridized carbons (Fsp3) is 0.389. The van der Waals surface area contributed by atoms with Gasteiger partial charge in [-0.1, -0.05) is 0 Å². The van der Waals surface area contributed by atoms with Crippen molar-refractivity contribution in [1.82, 2.24) is 14.8 Å². The van der Waals surface area contributed by atoms with Crippen LogP contribution in [0.25, 0.3) is 0 Å². The van der Waals surface area contributed by atoms with Gasteiger partial charge in [-0.2, -0.15) is 10.1 Å². The van der Waals surface area contributed by atoms with Crippen LogP contribution in [-0.4, -0.2) is 37.2 Å². The molecule has 0 fully saturated rings. The highest BCUT2D eigenvalue weighted by atomic mass is 16.6. The lowest BCUT2D eigenvalue weighted by Gasteiger charge is -2.32. The van der Waals surface area contributed by atoms with Gasteiger partial charge in [-0.15, -0.1) is 0 Å². The first-order valence-corrected chi connectivity index (χ1v) is 8.92. The number of non-ortho nitro benzene ring substituents is 1. The molecule has 0 bridgehead atoms. The molecule has 27 heavy (non-hydrogen) atoms. The summed E-state index contributed by atoms with van der Waals surface area (Å²) >= 11 is 0. The van der Waals surface area contributed by atoms with Crippen LogP contribution in [0.15, 0.2) is 35.5 Å². The highest BCUT2D eigenvalue weighted by Crippen LogP contribution is 2.40. The monoisotopic (exact) mass is 369 g/mol. The number of carbonyl (C=O) groups is 1. The number of fused-ring (bicyclic) bond motifs is 1. The minimum absolute atomic E-state index is 0.000642. The molecule has 2 aliphatic rings. The molecule has 0 amide bonds. The van der Waals surface area contributed by atoms with Crippen molar-refractivity contribution in [1.29, 1.82) is 0 Å². The van der Waals surface area contributed by atoms with E-state index in [4.69, 9.17) is 5.11 Å². The molecule has 1 unspecified atom stereocenters. The zero-order chi connectivity index (χ0) is 19.0. The van der Waals surface area contributed by atoms with Crippen LogP contribution in [0.1, 0.15) is 43.1 Å². The minimum Gasteiger partial charge on any atom is -0.396 e. The number of nitrogens with zero attached hydrogens (tertiary/aromatic N) is 4. The Labute approximate surface area is 154 Å². The molecule has 1 atom stereocenters. The van der Waals surface area contributed by atoms with Crippen LogP contribution in [-0.2, 0) is 11.2 Å². The summed E-state index contributed by atoms with van der Waals surface area (Å²) in [7, 11) is 0. The standard InChI is InChI=1S/C18H19N5O4/c24-10-2-5-15-20-18-19-13-3-1-4-14(25)16(13)17(22(18)21-15)11-6-8-12(9-7-11)23(26)27/h6-9,17,24H,1-5,10H2,(H,19,20,21). The first-order chi connectivity index (χ1) is 13.1. The number of rotatable bonds is 5. The molecular weight excluding hydrogens is 350 g/mol. The van der Waals surface area contributed by atoms with E-state index in [0.29, 0.717) is 36.6 Å². The fourth-order valence-corrected chi connectivity index (χ4v) is 3.63. The maximum Gasteiger partial charge on any atom is 0.269 e. The van der Waals surface area contributed by atoms with E-state index in [9.17, 15) is 14.9 Å². The number of anilines is 1. The molecule has 2 N–H and O–H groups in total. The van der Waals surface area contributed by atoms with E-state index in [0.717, 1.165) is 24.1 Å². The Hall–Kier alpha value is -3.07. The summed E-state index contributed by atoms with van der Waals surface area (Å²) in [6, 6.07) is 5.75. The summed E-state index contributed by atoms with van der Waals surface area (Å²) in [5, 5.41) is 27.8. The predicted molar refractivity (Wildman–Crippen MR) is 96.2 cm³/mol. The number of aliphatic hydroxyl groups excluding tert-OH is 1. The number of allylic oxidation sites excluding steroid dienone is 2. The van der Waals surface area contributed by atoms with Gasteiger partial charge < -0.3 is 10.4 Å². The summed E-state index contributed by atoms with van der Waals surface area (Å²) in [6.45, 7) is 0.0519. The average molecular weight is 369 g/mol. The molecule has 140 valence electrons. The quantitative estimate of drug-likeness (QED) is 0.611. The van der Waals surface area contributed by atoms with Crippen molar-refractivity contribution < 1.29 is 14.8 Å². The van der Waals surface area contributed by atoms with Crippen LogP contribution in [0.5, 0.6) is 0 Å². The molecule has 0 saturated heterocycles. The lowest BCUT2D eigenvalue weighted by molar-refractivity contribution is -0.384. The number of hydrogen-bond donors (Lipinski definition) is 2. The largest absolute Gasteiger partial charge is 0.396 e. The first-order valence-electron chi connectivity index (χ1n) is 8.92. The van der Waals surface area contributed by atoms with E-state index in [1.807, 2.05) is 0 Å². The van der Waals surface area contributed by atoms with Gasteiger partial charge in [0.25, 0.3) is 5.69 Å². The minimum atomic E-state index is -0.458. The average Bonchev–Trinajstić information content (AvgIpc) is 3.07. The van der Waals surface area contributed by atoms with Crippen LogP contribution in [0, 0.1) is 10.1 Å². The third kappa shape index (κ3) is 3.10. The fourth-order valence-electron chi connectivity index (χ4n) is 3.63. The van der Waals surface area contributed by atoms with Crippen LogP contribution < -0.4 is 5.32 Å². The third-order valence-electron chi connectivity index (χ3n) is 4.89. The van der Waals surface area contributed by atoms with Gasteiger partial charge in [0, 0.05) is 42.9 Å². The summed E-state index contributed by atoms with van der Waals surface area (Å²) in [5.74, 6) is 1.20. The number of Topliss-reactive ketones (excluding diaryl/α,β-unsaturated/α-hetero) is 1. The second-order valence-electron chi connectivity index (χ2n) is 6.67. The third-order valence-corrected chi connectivity index (χ3v) is 4.89. The Morgan fingerprint density at radius 1 is 1.30 bits per heavy atom. The number of ketones is 1. The number of aromatic nitrogens is 3. The number of benzene rings is 1. The summed E-state index contributed by atoms with van der Waals surface area (Å²) in [4.78, 5) is 27.7. The number of carbonyl (C=O) groups excluding carboxylic acids is 1. The topological polar surface area (TPSA) is 123 Å². The molecule has 1 aromatic heterocycles. The highest BCUT2D eigenvalue weighted by molar-refractivity contribution is 5.99.